The highest BCUT2D eigenvalue weighted by molar-refractivity contribution is 5.89. The molecule has 1 aliphatic heterocycles. The minimum atomic E-state index is -0.374. The number of nitrogens with one attached hydrogen (secondary N) is 2. The van der Waals surface area contributed by atoms with Gasteiger partial charge in [0.25, 0.3) is 0 Å². The van der Waals surface area contributed by atoms with Crippen molar-refractivity contribution in [1.29, 1.82) is 0 Å². The predicted molar refractivity (Wildman–Crippen MR) is 51.3 cm³/mol. The number of rotatable bonds is 2. The Kier molecular flexibility index (Phi) is 2.46. The van der Waals surface area contributed by atoms with Gasteiger partial charge in [0, 0.05) is 6.54 Å². The van der Waals surface area contributed by atoms with E-state index >= 15 is 0 Å². The zero-order chi connectivity index (χ0) is 9.80. The Balaban J connectivity index is 2.01. The Bertz CT molecular complexity index is 360. The maximum Gasteiger partial charge on any atom is 0.360 e. The van der Waals surface area contributed by atoms with E-state index in [1.54, 1.807) is 18.2 Å². The van der Waals surface area contributed by atoms with Crippen molar-refractivity contribution in [2.45, 2.75) is 0 Å². The number of esters is 1. The monoisotopic (exact) mass is 190 g/mol. The maximum atomic E-state index is 11.4. The van der Waals surface area contributed by atoms with Crippen LogP contribution in [0.2, 0.25) is 0 Å². The number of hydrogen-bond donors (Lipinski definition) is 2. The molecule has 0 fully saturated rings. The van der Waals surface area contributed by atoms with E-state index in [2.05, 4.69) is 10.9 Å². The van der Waals surface area contributed by atoms with Gasteiger partial charge in [0.15, 0.2) is 0 Å². The summed E-state index contributed by atoms with van der Waals surface area (Å²) in [6.07, 6.45) is 1.74. The molecule has 0 saturated heterocycles. The Morgan fingerprint density at radius 2 is 2.07 bits per heavy atom. The number of carbonyl (C=O) groups excluding carboxylic acids is 1. The van der Waals surface area contributed by atoms with Gasteiger partial charge in [0.1, 0.15) is 11.4 Å². The third-order valence-corrected chi connectivity index (χ3v) is 1.80. The number of carbonyl (C=O) groups is 1. The van der Waals surface area contributed by atoms with Gasteiger partial charge in [-0.3, -0.25) is 0 Å². The van der Waals surface area contributed by atoms with E-state index < -0.39 is 0 Å². The van der Waals surface area contributed by atoms with Gasteiger partial charge in [0.2, 0.25) is 0 Å². The van der Waals surface area contributed by atoms with Gasteiger partial charge < -0.3 is 10.2 Å². The van der Waals surface area contributed by atoms with Gasteiger partial charge >= 0.3 is 5.97 Å². The van der Waals surface area contributed by atoms with E-state index in [4.69, 9.17) is 4.74 Å². The molecule has 1 aromatic carbocycles. The summed E-state index contributed by atoms with van der Waals surface area (Å²) in [5, 5.41) is 0. The minimum absolute atomic E-state index is 0.374. The summed E-state index contributed by atoms with van der Waals surface area (Å²) in [6, 6.07) is 8.97. The van der Waals surface area contributed by atoms with Crippen LogP contribution in [-0.2, 0) is 4.79 Å². The molecule has 0 spiro atoms. The van der Waals surface area contributed by atoms with Crippen molar-refractivity contribution in [2.24, 2.45) is 0 Å². The van der Waals surface area contributed by atoms with Gasteiger partial charge in [-0.1, -0.05) is 18.2 Å². The molecule has 1 heterocycles. The van der Waals surface area contributed by atoms with Crippen LogP contribution in [0.3, 0.4) is 0 Å². The molecule has 2 N–H and O–H groups in total. The van der Waals surface area contributed by atoms with Crippen molar-refractivity contribution in [3.05, 3.63) is 42.1 Å². The zero-order valence-electron chi connectivity index (χ0n) is 7.49. The molecule has 4 nitrogen and oxygen atoms in total. The molecule has 0 unspecified atom stereocenters. The highest BCUT2D eigenvalue weighted by Gasteiger charge is 2.14. The largest absolute Gasteiger partial charge is 0.422 e. The standard InChI is InChI=1S/C10H10N2O2/c13-10(9-6-7-11-12-9)14-8-4-2-1-3-5-8/h1-6,11-12H,7H2. The first-order valence-corrected chi connectivity index (χ1v) is 4.32. The first kappa shape index (κ1) is 8.77. The molecule has 0 bridgehead atoms. The van der Waals surface area contributed by atoms with Gasteiger partial charge in [-0.15, -0.1) is 0 Å². The number of benzene rings is 1. The van der Waals surface area contributed by atoms with Crippen LogP contribution in [0, 0.1) is 0 Å². The van der Waals surface area contributed by atoms with E-state index in [1.807, 2.05) is 18.2 Å². The molecule has 14 heavy (non-hydrogen) atoms. The summed E-state index contributed by atoms with van der Waals surface area (Å²) in [6.45, 7) is 0.638. The zero-order valence-corrected chi connectivity index (χ0v) is 7.49. The van der Waals surface area contributed by atoms with Crippen molar-refractivity contribution in [2.75, 3.05) is 6.54 Å². The third-order valence-electron chi connectivity index (χ3n) is 1.80. The summed E-state index contributed by atoms with van der Waals surface area (Å²) in [5.41, 5.74) is 5.96. The van der Waals surface area contributed by atoms with Crippen molar-refractivity contribution < 1.29 is 9.53 Å². The third kappa shape index (κ3) is 1.92. The smallest absolute Gasteiger partial charge is 0.360 e. The fourth-order valence-electron chi connectivity index (χ4n) is 1.14. The molecular formula is C10H10N2O2. The van der Waals surface area contributed by atoms with Crippen LogP contribution in [0.4, 0.5) is 0 Å². The van der Waals surface area contributed by atoms with E-state index in [-0.39, 0.29) is 5.97 Å². The molecule has 4 heteroatoms. The van der Waals surface area contributed by atoms with Crippen LogP contribution >= 0.6 is 0 Å². The summed E-state index contributed by atoms with van der Waals surface area (Å²) in [4.78, 5) is 11.4. The van der Waals surface area contributed by atoms with Crippen molar-refractivity contribution in [1.82, 2.24) is 10.9 Å². The highest BCUT2D eigenvalue weighted by atomic mass is 16.5. The Morgan fingerprint density at radius 1 is 1.29 bits per heavy atom. The fourth-order valence-corrected chi connectivity index (χ4v) is 1.14. The molecule has 0 amide bonds. The van der Waals surface area contributed by atoms with Gasteiger partial charge in [-0.05, 0) is 18.2 Å². The summed E-state index contributed by atoms with van der Waals surface area (Å²) in [5.74, 6) is 0.174. The SMILES string of the molecule is O=C(Oc1ccccc1)C1=CCNN1. The lowest BCUT2D eigenvalue weighted by molar-refractivity contribution is -0.130. The molecular weight excluding hydrogens is 180 g/mol. The average Bonchev–Trinajstić information content (AvgIpc) is 2.72. The van der Waals surface area contributed by atoms with Crippen molar-refractivity contribution in [3.8, 4) is 5.75 Å². The average molecular weight is 190 g/mol. The number of ether oxygens (including phenoxy) is 1. The van der Waals surface area contributed by atoms with Crippen LogP contribution in [0.1, 0.15) is 0 Å². The molecule has 1 aliphatic rings. The lowest BCUT2D eigenvalue weighted by Crippen LogP contribution is -2.29. The quantitative estimate of drug-likeness (QED) is 0.529. The molecule has 2 rings (SSSR count). The number of para-hydroxylation sites is 1. The second-order valence-electron chi connectivity index (χ2n) is 2.83. The Hall–Kier alpha value is -1.81. The molecule has 0 saturated carbocycles. The number of hydrazine groups is 1. The van der Waals surface area contributed by atoms with Crippen LogP contribution in [0.25, 0.3) is 0 Å². The van der Waals surface area contributed by atoms with Gasteiger partial charge in [0.05, 0.1) is 0 Å². The molecule has 72 valence electrons. The topological polar surface area (TPSA) is 50.4 Å². The Morgan fingerprint density at radius 3 is 2.71 bits per heavy atom. The van der Waals surface area contributed by atoms with Crippen LogP contribution in [0.15, 0.2) is 42.1 Å². The first-order chi connectivity index (χ1) is 6.86. The summed E-state index contributed by atoms with van der Waals surface area (Å²) in [7, 11) is 0. The molecule has 0 atom stereocenters. The summed E-state index contributed by atoms with van der Waals surface area (Å²) < 4.78 is 5.09. The van der Waals surface area contributed by atoms with Crippen molar-refractivity contribution in [3.63, 3.8) is 0 Å². The molecule has 0 aromatic heterocycles. The summed E-state index contributed by atoms with van der Waals surface area (Å²) >= 11 is 0. The van der Waals surface area contributed by atoms with Gasteiger partial charge in [-0.25, -0.2) is 10.2 Å². The van der Waals surface area contributed by atoms with Crippen LogP contribution in [-0.4, -0.2) is 12.5 Å². The van der Waals surface area contributed by atoms with E-state index in [1.165, 1.54) is 0 Å². The van der Waals surface area contributed by atoms with E-state index in [0.29, 0.717) is 18.0 Å². The van der Waals surface area contributed by atoms with Crippen molar-refractivity contribution >= 4 is 5.97 Å². The fraction of sp³-hybridized carbons (Fsp3) is 0.100. The second-order valence-corrected chi connectivity index (χ2v) is 2.83. The minimum Gasteiger partial charge on any atom is -0.422 e. The maximum absolute atomic E-state index is 11.4. The lowest BCUT2D eigenvalue weighted by atomic mass is 10.3. The lowest BCUT2D eigenvalue weighted by Gasteiger charge is -2.04. The van der Waals surface area contributed by atoms with Gasteiger partial charge in [-0.2, -0.15) is 0 Å². The normalized spacial score (nSPS) is 14.4. The Labute approximate surface area is 81.5 Å². The highest BCUT2D eigenvalue weighted by Crippen LogP contribution is 2.10. The first-order valence-electron chi connectivity index (χ1n) is 4.32. The van der Waals surface area contributed by atoms with Crippen LogP contribution < -0.4 is 15.6 Å². The second kappa shape index (κ2) is 3.93. The molecule has 0 aliphatic carbocycles. The van der Waals surface area contributed by atoms with E-state index in [9.17, 15) is 4.79 Å². The van der Waals surface area contributed by atoms with E-state index in [0.717, 1.165) is 0 Å². The molecule has 0 radical (unpaired) electrons. The number of hydrogen-bond acceptors (Lipinski definition) is 4. The van der Waals surface area contributed by atoms with Crippen LogP contribution in [0.5, 0.6) is 5.75 Å². The predicted octanol–water partition coefficient (Wildman–Crippen LogP) is 0.584. The molecule has 1 aromatic rings.